The zero-order valence-electron chi connectivity index (χ0n) is 10.2. The van der Waals surface area contributed by atoms with Crippen molar-refractivity contribution in [1.82, 2.24) is 9.27 Å². The maximum absolute atomic E-state index is 4.38. The van der Waals surface area contributed by atoms with Crippen LogP contribution in [0, 0.1) is 0 Å². The van der Waals surface area contributed by atoms with Gasteiger partial charge in [0.05, 0.1) is 5.69 Å². The maximum atomic E-state index is 4.38. The van der Waals surface area contributed by atoms with Gasteiger partial charge in [-0.3, -0.25) is 0 Å². The van der Waals surface area contributed by atoms with Gasteiger partial charge in [0.25, 0.3) is 0 Å². The quantitative estimate of drug-likeness (QED) is 0.767. The molecule has 0 aliphatic carbocycles. The first kappa shape index (κ1) is 13.6. The molecule has 14 heavy (non-hydrogen) atoms. The summed E-state index contributed by atoms with van der Waals surface area (Å²) in [6, 6.07) is 2.20. The van der Waals surface area contributed by atoms with Crippen LogP contribution in [0.2, 0.25) is 0 Å². The molecule has 0 amide bonds. The Balaban J connectivity index is 0.000000791. The average molecular weight is 214 g/mol. The van der Waals surface area contributed by atoms with Crippen LogP contribution in [0.15, 0.2) is 6.07 Å². The fourth-order valence-electron chi connectivity index (χ4n) is 0.999. The van der Waals surface area contributed by atoms with Gasteiger partial charge in [-0.1, -0.05) is 27.7 Å². The smallest absolute Gasteiger partial charge is 0.0685 e. The van der Waals surface area contributed by atoms with Crippen LogP contribution in [-0.2, 0) is 6.54 Å². The van der Waals surface area contributed by atoms with E-state index >= 15 is 0 Å². The molecule has 0 saturated carbocycles. The summed E-state index contributed by atoms with van der Waals surface area (Å²) < 4.78 is 4.38. The molecule has 0 unspecified atom stereocenters. The van der Waals surface area contributed by atoms with Gasteiger partial charge in [-0.25, -0.2) is 0 Å². The summed E-state index contributed by atoms with van der Waals surface area (Å²) >= 11 is 1.62. The normalized spacial score (nSPS) is 10.3. The highest BCUT2D eigenvalue weighted by Crippen LogP contribution is 2.20. The number of hydrogen-bond donors (Lipinski definition) is 0. The Labute approximate surface area is 92.1 Å². The molecule has 0 aromatic carbocycles. The lowest BCUT2D eigenvalue weighted by Gasteiger charge is -2.05. The summed E-state index contributed by atoms with van der Waals surface area (Å²) in [5.74, 6) is 0.610. The molecule has 0 spiro atoms. The summed E-state index contributed by atoms with van der Waals surface area (Å²) in [6.07, 6.45) is 0. The van der Waals surface area contributed by atoms with E-state index in [4.69, 9.17) is 0 Å². The Bertz CT molecular complexity index is 241. The molecule has 1 aromatic heterocycles. The summed E-state index contributed by atoms with van der Waals surface area (Å²) in [6.45, 7) is 9.35. The van der Waals surface area contributed by atoms with Crippen molar-refractivity contribution >= 4 is 11.5 Å². The number of nitrogens with zero attached hydrogens (tertiary/aromatic N) is 2. The molecule has 0 radical (unpaired) electrons. The maximum Gasteiger partial charge on any atom is 0.0685 e. The molecule has 1 heterocycles. The topological polar surface area (TPSA) is 16.1 Å². The van der Waals surface area contributed by atoms with Gasteiger partial charge < -0.3 is 4.90 Å². The Morgan fingerprint density at radius 1 is 1.36 bits per heavy atom. The summed E-state index contributed by atoms with van der Waals surface area (Å²) in [5.41, 5.74) is 1.19. The van der Waals surface area contributed by atoms with Crippen LogP contribution in [0.5, 0.6) is 0 Å². The van der Waals surface area contributed by atoms with Gasteiger partial charge in [-0.15, -0.1) is 0 Å². The summed E-state index contributed by atoms with van der Waals surface area (Å²) in [7, 11) is 4.13. The molecule has 3 heteroatoms. The van der Waals surface area contributed by atoms with Gasteiger partial charge in [0, 0.05) is 11.4 Å². The monoisotopic (exact) mass is 214 g/mol. The van der Waals surface area contributed by atoms with Crippen molar-refractivity contribution in [3.8, 4) is 0 Å². The van der Waals surface area contributed by atoms with Crippen LogP contribution in [0.25, 0.3) is 0 Å². The van der Waals surface area contributed by atoms with Crippen molar-refractivity contribution in [2.24, 2.45) is 0 Å². The van der Waals surface area contributed by atoms with Gasteiger partial charge in [0.1, 0.15) is 0 Å². The molecule has 0 atom stereocenters. The molecule has 0 aliphatic heterocycles. The molecule has 0 bridgehead atoms. The van der Waals surface area contributed by atoms with E-state index in [0.717, 1.165) is 6.54 Å². The van der Waals surface area contributed by atoms with Crippen LogP contribution < -0.4 is 0 Å². The van der Waals surface area contributed by atoms with E-state index in [9.17, 15) is 0 Å². The van der Waals surface area contributed by atoms with E-state index in [0.29, 0.717) is 5.92 Å². The van der Waals surface area contributed by atoms with E-state index in [1.165, 1.54) is 10.6 Å². The zero-order chi connectivity index (χ0) is 11.1. The Hall–Kier alpha value is -0.410. The summed E-state index contributed by atoms with van der Waals surface area (Å²) in [5, 5.41) is 0. The van der Waals surface area contributed by atoms with Crippen molar-refractivity contribution in [2.75, 3.05) is 14.1 Å². The highest BCUT2D eigenvalue weighted by molar-refractivity contribution is 7.05. The third-order valence-corrected chi connectivity index (χ3v) is 2.75. The average Bonchev–Trinajstić information content (AvgIpc) is 2.55. The van der Waals surface area contributed by atoms with E-state index in [1.807, 2.05) is 13.8 Å². The van der Waals surface area contributed by atoms with Gasteiger partial charge in [-0.05, 0) is 37.6 Å². The predicted molar refractivity (Wildman–Crippen MR) is 64.9 cm³/mol. The second kappa shape index (κ2) is 6.96. The lowest BCUT2D eigenvalue weighted by atomic mass is 10.2. The van der Waals surface area contributed by atoms with Crippen molar-refractivity contribution < 1.29 is 0 Å². The van der Waals surface area contributed by atoms with Crippen LogP contribution in [-0.4, -0.2) is 23.4 Å². The Kier molecular flexibility index (Phi) is 6.75. The molecular weight excluding hydrogens is 192 g/mol. The van der Waals surface area contributed by atoms with Crippen molar-refractivity contribution in [2.45, 2.75) is 40.2 Å². The molecule has 0 aliphatic rings. The van der Waals surface area contributed by atoms with E-state index in [-0.39, 0.29) is 0 Å². The SMILES string of the molecule is CC.CC(C)c1cc(CN(C)C)ns1. The van der Waals surface area contributed by atoms with Crippen LogP contribution in [0.1, 0.15) is 44.2 Å². The molecular formula is C11H22N2S. The zero-order valence-corrected chi connectivity index (χ0v) is 11.0. The van der Waals surface area contributed by atoms with Crippen molar-refractivity contribution in [3.05, 3.63) is 16.6 Å². The third kappa shape index (κ3) is 4.72. The van der Waals surface area contributed by atoms with E-state index in [2.05, 4.69) is 43.3 Å². The molecule has 0 saturated heterocycles. The molecule has 1 aromatic rings. The fraction of sp³-hybridized carbons (Fsp3) is 0.727. The van der Waals surface area contributed by atoms with Gasteiger partial charge in [0.2, 0.25) is 0 Å². The van der Waals surface area contributed by atoms with E-state index < -0.39 is 0 Å². The Morgan fingerprint density at radius 3 is 2.29 bits per heavy atom. The number of aromatic nitrogens is 1. The minimum Gasteiger partial charge on any atom is -0.304 e. The van der Waals surface area contributed by atoms with Crippen molar-refractivity contribution in [1.29, 1.82) is 0 Å². The minimum atomic E-state index is 0.610. The standard InChI is InChI=1S/C9H16N2S.C2H6/c1-7(2)9-5-8(10-12-9)6-11(3)4;1-2/h5,7H,6H2,1-4H3;1-2H3. The van der Waals surface area contributed by atoms with Crippen LogP contribution >= 0.6 is 11.5 Å². The highest BCUT2D eigenvalue weighted by atomic mass is 32.1. The second-order valence-corrected chi connectivity index (χ2v) is 4.45. The fourth-order valence-corrected chi connectivity index (χ4v) is 1.73. The molecule has 82 valence electrons. The third-order valence-electron chi connectivity index (χ3n) is 1.62. The van der Waals surface area contributed by atoms with Crippen LogP contribution in [0.3, 0.4) is 0 Å². The molecule has 2 nitrogen and oxygen atoms in total. The number of rotatable bonds is 3. The van der Waals surface area contributed by atoms with Gasteiger partial charge in [0.15, 0.2) is 0 Å². The van der Waals surface area contributed by atoms with Gasteiger partial charge in [-0.2, -0.15) is 4.37 Å². The predicted octanol–water partition coefficient (Wildman–Crippen LogP) is 3.35. The highest BCUT2D eigenvalue weighted by Gasteiger charge is 2.05. The lowest BCUT2D eigenvalue weighted by molar-refractivity contribution is 0.398. The van der Waals surface area contributed by atoms with E-state index in [1.54, 1.807) is 11.5 Å². The van der Waals surface area contributed by atoms with Crippen molar-refractivity contribution in [3.63, 3.8) is 0 Å². The molecule has 0 N–H and O–H groups in total. The van der Waals surface area contributed by atoms with Gasteiger partial charge >= 0.3 is 0 Å². The first-order valence-electron chi connectivity index (χ1n) is 5.20. The minimum absolute atomic E-state index is 0.610. The largest absolute Gasteiger partial charge is 0.304 e. The Morgan fingerprint density at radius 2 is 1.93 bits per heavy atom. The van der Waals surface area contributed by atoms with Crippen LogP contribution in [0.4, 0.5) is 0 Å². The number of hydrogen-bond acceptors (Lipinski definition) is 3. The lowest BCUT2D eigenvalue weighted by Crippen LogP contribution is -2.10. The second-order valence-electron chi connectivity index (χ2n) is 3.61. The molecule has 0 fully saturated rings. The first-order valence-corrected chi connectivity index (χ1v) is 5.97. The first-order chi connectivity index (χ1) is 6.59. The molecule has 1 rings (SSSR count). The summed E-state index contributed by atoms with van der Waals surface area (Å²) in [4.78, 5) is 3.52.